The minimum Gasteiger partial charge on any atom is -0.491 e. The molecule has 2 aromatic rings. The van der Waals surface area contributed by atoms with E-state index in [0.717, 1.165) is 0 Å². The lowest BCUT2D eigenvalue weighted by Gasteiger charge is -2.06. The molecule has 0 unspecified atom stereocenters. The molecule has 0 spiro atoms. The monoisotopic (exact) mass is 333 g/mol. The number of halogens is 2. The van der Waals surface area contributed by atoms with Crippen LogP contribution in [-0.2, 0) is 0 Å². The van der Waals surface area contributed by atoms with Crippen molar-refractivity contribution in [2.24, 2.45) is 0 Å². The zero-order valence-corrected chi connectivity index (χ0v) is 10.7. The normalized spacial score (nSPS) is 10.7. The van der Waals surface area contributed by atoms with Crippen molar-refractivity contribution in [3.63, 3.8) is 0 Å². The molecule has 0 saturated carbocycles. The number of hydrogen-bond acceptors (Lipinski definition) is 2. The van der Waals surface area contributed by atoms with Gasteiger partial charge >= 0.3 is 0 Å². The number of nitrogens with one attached hydrogen (secondary N) is 1. The van der Waals surface area contributed by atoms with Gasteiger partial charge in [0, 0.05) is 12.3 Å². The van der Waals surface area contributed by atoms with Crippen LogP contribution in [0.4, 0.5) is 4.39 Å². The number of benzene rings is 1. The zero-order chi connectivity index (χ0) is 11.7. The van der Waals surface area contributed by atoms with Gasteiger partial charge in [0.25, 0.3) is 0 Å². The van der Waals surface area contributed by atoms with Crippen LogP contribution in [0.2, 0.25) is 0 Å². The molecule has 1 aromatic carbocycles. The highest BCUT2D eigenvalue weighted by molar-refractivity contribution is 14.1. The lowest BCUT2D eigenvalue weighted by molar-refractivity contribution is 0.322. The number of fused-ring (bicyclic) bond motifs is 1. The molecule has 0 aliphatic heterocycles. The Morgan fingerprint density at radius 3 is 2.94 bits per heavy atom. The first-order valence-corrected chi connectivity index (χ1v) is 5.84. The molecule has 0 aliphatic rings. The molecule has 3 nitrogen and oxygen atoms in total. The number of aromatic amines is 1. The topological polar surface area (TPSA) is 42.1 Å². The summed E-state index contributed by atoms with van der Waals surface area (Å²) in [6, 6.07) is 2.72. The van der Waals surface area contributed by atoms with E-state index in [1.807, 2.05) is 22.6 Å². The van der Waals surface area contributed by atoms with Gasteiger partial charge in [-0.15, -0.1) is 0 Å². The smallest absolute Gasteiger partial charge is 0.202 e. The Morgan fingerprint density at radius 2 is 2.25 bits per heavy atom. The van der Waals surface area contributed by atoms with Gasteiger partial charge in [0.05, 0.1) is 21.1 Å². The molecular formula is C11H9FINO2. The molecule has 16 heavy (non-hydrogen) atoms. The summed E-state index contributed by atoms with van der Waals surface area (Å²) < 4.78 is 19.2. The van der Waals surface area contributed by atoms with E-state index in [-0.39, 0.29) is 11.2 Å². The maximum Gasteiger partial charge on any atom is 0.202 e. The summed E-state index contributed by atoms with van der Waals surface area (Å²) in [6.45, 7) is 2.13. The summed E-state index contributed by atoms with van der Waals surface area (Å²) in [6.07, 6.45) is 1.56. The molecule has 2 rings (SSSR count). The van der Waals surface area contributed by atoms with E-state index in [1.54, 1.807) is 13.1 Å². The second-order valence-corrected chi connectivity index (χ2v) is 4.39. The molecule has 0 saturated heterocycles. The SMILES string of the molecule is CCOc1cc2c(=O)c(I)c[nH]c2cc1F. The van der Waals surface area contributed by atoms with Crippen LogP contribution in [0.3, 0.4) is 0 Å². The Hall–Kier alpha value is -1.11. The summed E-state index contributed by atoms with van der Waals surface area (Å²) in [4.78, 5) is 14.7. The van der Waals surface area contributed by atoms with Crippen LogP contribution in [0.5, 0.6) is 5.75 Å². The predicted molar refractivity (Wildman–Crippen MR) is 68.4 cm³/mol. The van der Waals surface area contributed by atoms with Crippen molar-refractivity contribution in [2.45, 2.75) is 6.92 Å². The zero-order valence-electron chi connectivity index (χ0n) is 8.51. The quantitative estimate of drug-likeness (QED) is 0.859. The summed E-state index contributed by atoms with van der Waals surface area (Å²) >= 11 is 1.94. The number of hydrogen-bond donors (Lipinski definition) is 1. The minimum absolute atomic E-state index is 0.113. The lowest BCUT2D eigenvalue weighted by atomic mass is 10.2. The Kier molecular flexibility index (Phi) is 3.13. The number of H-pyrrole nitrogens is 1. The van der Waals surface area contributed by atoms with Gasteiger partial charge in [-0.1, -0.05) is 0 Å². The fraction of sp³-hybridized carbons (Fsp3) is 0.182. The van der Waals surface area contributed by atoms with Gasteiger partial charge in [-0.2, -0.15) is 0 Å². The standard InChI is InChI=1S/C11H9FINO2/c1-2-16-10-3-6-9(4-7(10)12)14-5-8(13)11(6)15/h3-5H,2H2,1H3,(H,14,15). The highest BCUT2D eigenvalue weighted by Gasteiger charge is 2.09. The number of pyridine rings is 1. The summed E-state index contributed by atoms with van der Waals surface area (Å²) in [5.74, 6) is -0.353. The van der Waals surface area contributed by atoms with Gasteiger partial charge in [0.2, 0.25) is 5.43 Å². The Bertz CT molecular complexity index is 594. The van der Waals surface area contributed by atoms with Crippen LogP contribution in [0.15, 0.2) is 23.1 Å². The third-order valence-corrected chi connectivity index (χ3v) is 2.99. The Labute approximate surface area is 105 Å². The van der Waals surface area contributed by atoms with E-state index >= 15 is 0 Å². The molecule has 0 atom stereocenters. The van der Waals surface area contributed by atoms with Crippen LogP contribution in [0, 0.1) is 9.39 Å². The van der Waals surface area contributed by atoms with Gasteiger partial charge < -0.3 is 9.72 Å². The van der Waals surface area contributed by atoms with Gasteiger partial charge in [0.15, 0.2) is 11.6 Å². The highest BCUT2D eigenvalue weighted by atomic mass is 127. The average molecular weight is 333 g/mol. The van der Waals surface area contributed by atoms with E-state index in [4.69, 9.17) is 4.74 Å². The van der Waals surface area contributed by atoms with Crippen molar-refractivity contribution < 1.29 is 9.13 Å². The number of aromatic nitrogens is 1. The fourth-order valence-corrected chi connectivity index (χ4v) is 1.91. The fourth-order valence-electron chi connectivity index (χ4n) is 1.46. The van der Waals surface area contributed by atoms with Crippen molar-refractivity contribution in [3.8, 4) is 5.75 Å². The van der Waals surface area contributed by atoms with Gasteiger partial charge in [-0.05, 0) is 35.6 Å². The van der Waals surface area contributed by atoms with Crippen molar-refractivity contribution in [3.05, 3.63) is 37.9 Å². The number of ether oxygens (including phenoxy) is 1. The summed E-state index contributed by atoms with van der Waals surface area (Å²) in [7, 11) is 0. The maximum atomic E-state index is 13.5. The number of rotatable bonds is 2. The largest absolute Gasteiger partial charge is 0.491 e. The van der Waals surface area contributed by atoms with Crippen LogP contribution >= 0.6 is 22.6 Å². The third-order valence-electron chi connectivity index (χ3n) is 2.19. The predicted octanol–water partition coefficient (Wildman–Crippen LogP) is 2.67. The highest BCUT2D eigenvalue weighted by Crippen LogP contribution is 2.22. The first-order valence-electron chi connectivity index (χ1n) is 4.76. The molecule has 0 radical (unpaired) electrons. The molecule has 0 fully saturated rings. The second kappa shape index (κ2) is 4.40. The van der Waals surface area contributed by atoms with Gasteiger partial charge in [-0.3, -0.25) is 4.79 Å². The van der Waals surface area contributed by atoms with E-state index < -0.39 is 5.82 Å². The van der Waals surface area contributed by atoms with Crippen molar-refractivity contribution in [1.29, 1.82) is 0 Å². The summed E-state index contributed by atoms with van der Waals surface area (Å²) in [5.41, 5.74) is 0.363. The molecule has 0 bridgehead atoms. The van der Waals surface area contributed by atoms with Crippen molar-refractivity contribution >= 4 is 33.5 Å². The Balaban J connectivity index is 2.76. The van der Waals surface area contributed by atoms with Crippen LogP contribution < -0.4 is 10.2 Å². The van der Waals surface area contributed by atoms with Gasteiger partial charge in [-0.25, -0.2) is 4.39 Å². The van der Waals surface area contributed by atoms with Crippen LogP contribution in [0.25, 0.3) is 10.9 Å². The van der Waals surface area contributed by atoms with E-state index in [2.05, 4.69) is 4.98 Å². The van der Waals surface area contributed by atoms with Crippen molar-refractivity contribution in [2.75, 3.05) is 6.61 Å². The van der Waals surface area contributed by atoms with E-state index in [0.29, 0.717) is 21.1 Å². The Morgan fingerprint density at radius 1 is 1.50 bits per heavy atom. The first kappa shape index (κ1) is 11.4. The third kappa shape index (κ3) is 1.91. The molecule has 0 amide bonds. The van der Waals surface area contributed by atoms with Gasteiger partial charge in [0.1, 0.15) is 0 Å². The molecule has 1 aromatic heterocycles. The van der Waals surface area contributed by atoms with E-state index in [9.17, 15) is 9.18 Å². The lowest BCUT2D eigenvalue weighted by Crippen LogP contribution is -2.07. The van der Waals surface area contributed by atoms with Crippen LogP contribution in [0.1, 0.15) is 6.92 Å². The molecule has 5 heteroatoms. The minimum atomic E-state index is -0.466. The average Bonchev–Trinajstić information content (AvgIpc) is 2.26. The van der Waals surface area contributed by atoms with E-state index in [1.165, 1.54) is 12.1 Å². The molecule has 0 aliphatic carbocycles. The summed E-state index contributed by atoms with van der Waals surface area (Å²) in [5, 5.41) is 0.441. The molecule has 1 N–H and O–H groups in total. The second-order valence-electron chi connectivity index (χ2n) is 3.23. The molecular weight excluding hydrogens is 324 g/mol. The van der Waals surface area contributed by atoms with Crippen LogP contribution in [-0.4, -0.2) is 11.6 Å². The first-order chi connectivity index (χ1) is 7.63. The molecule has 84 valence electrons. The van der Waals surface area contributed by atoms with Crippen molar-refractivity contribution in [1.82, 2.24) is 4.98 Å². The maximum absolute atomic E-state index is 13.5. The molecule has 1 heterocycles.